The molecular formula is C19H24N2O4. The zero-order valence-corrected chi connectivity index (χ0v) is 14.5. The molecule has 6 heteroatoms. The SMILES string of the molecule is Cc1ccc2oc(=O)n(CC(=O)N[C@H]3COC4(CCCCC4)C3)c2c1. The molecule has 134 valence electrons. The highest BCUT2D eigenvalue weighted by Crippen LogP contribution is 2.39. The van der Waals surface area contributed by atoms with Gasteiger partial charge in [0, 0.05) is 0 Å². The van der Waals surface area contributed by atoms with E-state index in [9.17, 15) is 9.59 Å². The van der Waals surface area contributed by atoms with E-state index in [-0.39, 0.29) is 24.1 Å². The molecule has 1 aromatic carbocycles. The van der Waals surface area contributed by atoms with Gasteiger partial charge in [-0.15, -0.1) is 0 Å². The van der Waals surface area contributed by atoms with Crippen LogP contribution in [-0.4, -0.2) is 28.7 Å². The zero-order valence-electron chi connectivity index (χ0n) is 14.5. The Labute approximate surface area is 146 Å². The quantitative estimate of drug-likeness (QED) is 0.928. The van der Waals surface area contributed by atoms with Gasteiger partial charge in [-0.05, 0) is 43.9 Å². The number of carbonyl (C=O) groups excluding carboxylic acids is 1. The third-order valence-electron chi connectivity index (χ3n) is 5.46. The Morgan fingerprint density at radius 3 is 2.92 bits per heavy atom. The lowest BCUT2D eigenvalue weighted by atomic mass is 9.82. The van der Waals surface area contributed by atoms with Crippen LogP contribution in [0.2, 0.25) is 0 Å². The monoisotopic (exact) mass is 344 g/mol. The van der Waals surface area contributed by atoms with E-state index in [4.69, 9.17) is 9.15 Å². The van der Waals surface area contributed by atoms with Crippen LogP contribution in [0.4, 0.5) is 0 Å². The number of oxazole rings is 1. The number of nitrogens with one attached hydrogen (secondary N) is 1. The van der Waals surface area contributed by atoms with Gasteiger partial charge in [-0.1, -0.05) is 25.3 Å². The van der Waals surface area contributed by atoms with E-state index < -0.39 is 5.76 Å². The molecule has 1 aliphatic carbocycles. The van der Waals surface area contributed by atoms with Gasteiger partial charge in [0.25, 0.3) is 0 Å². The van der Waals surface area contributed by atoms with Gasteiger partial charge in [-0.3, -0.25) is 9.36 Å². The highest BCUT2D eigenvalue weighted by atomic mass is 16.5. The molecule has 2 aromatic rings. The normalized spacial score (nSPS) is 22.5. The van der Waals surface area contributed by atoms with Crippen LogP contribution in [0.1, 0.15) is 44.1 Å². The van der Waals surface area contributed by atoms with Crippen molar-refractivity contribution in [3.05, 3.63) is 34.3 Å². The summed E-state index contributed by atoms with van der Waals surface area (Å²) in [5.41, 5.74) is 2.15. The summed E-state index contributed by atoms with van der Waals surface area (Å²) in [7, 11) is 0. The number of amides is 1. The highest BCUT2D eigenvalue weighted by Gasteiger charge is 2.41. The van der Waals surface area contributed by atoms with E-state index >= 15 is 0 Å². The second-order valence-corrected chi connectivity index (χ2v) is 7.45. The van der Waals surface area contributed by atoms with E-state index in [1.54, 1.807) is 6.07 Å². The molecule has 0 radical (unpaired) electrons. The predicted molar refractivity (Wildman–Crippen MR) is 93.5 cm³/mol. The minimum Gasteiger partial charge on any atom is -0.408 e. The first-order chi connectivity index (χ1) is 12.0. The lowest BCUT2D eigenvalue weighted by molar-refractivity contribution is -0.122. The molecule has 4 rings (SSSR count). The van der Waals surface area contributed by atoms with E-state index in [0.717, 1.165) is 24.8 Å². The Kier molecular flexibility index (Phi) is 4.15. The average Bonchev–Trinajstić information content (AvgIpc) is 3.10. The Balaban J connectivity index is 1.44. The summed E-state index contributed by atoms with van der Waals surface area (Å²) in [6.45, 7) is 2.48. The van der Waals surface area contributed by atoms with Gasteiger partial charge in [-0.25, -0.2) is 4.79 Å². The lowest BCUT2D eigenvalue weighted by Crippen LogP contribution is -2.40. The molecule has 1 spiro atoms. The van der Waals surface area contributed by atoms with Crippen LogP contribution in [-0.2, 0) is 16.1 Å². The predicted octanol–water partition coefficient (Wildman–Crippen LogP) is 2.51. The van der Waals surface area contributed by atoms with E-state index in [1.165, 1.54) is 23.8 Å². The fourth-order valence-electron chi connectivity index (χ4n) is 4.22. The maximum atomic E-state index is 12.5. The molecule has 2 fully saturated rings. The standard InChI is InChI=1S/C19H24N2O4/c1-13-5-6-16-15(9-13)21(18(23)25-16)11-17(22)20-14-10-19(24-12-14)7-3-2-4-8-19/h5-6,9,14H,2-4,7-8,10-12H2,1H3,(H,20,22)/t14-/m1/s1. The molecule has 2 heterocycles. The average molecular weight is 344 g/mol. The van der Waals surface area contributed by atoms with E-state index in [1.807, 2.05) is 19.1 Å². The number of hydrogen-bond donors (Lipinski definition) is 1. The van der Waals surface area contributed by atoms with Crippen LogP contribution >= 0.6 is 0 Å². The lowest BCUT2D eigenvalue weighted by Gasteiger charge is -2.32. The summed E-state index contributed by atoms with van der Waals surface area (Å²) in [4.78, 5) is 24.5. The molecule has 6 nitrogen and oxygen atoms in total. The van der Waals surface area contributed by atoms with Crippen molar-refractivity contribution < 1.29 is 13.9 Å². The van der Waals surface area contributed by atoms with Crippen LogP contribution in [0.3, 0.4) is 0 Å². The van der Waals surface area contributed by atoms with Crippen molar-refractivity contribution in [3.63, 3.8) is 0 Å². The molecule has 0 unspecified atom stereocenters. The molecular weight excluding hydrogens is 320 g/mol. The van der Waals surface area contributed by atoms with Gasteiger partial charge < -0.3 is 14.5 Å². The fraction of sp³-hybridized carbons (Fsp3) is 0.579. The molecule has 2 aliphatic rings. The number of nitrogens with zero attached hydrogens (tertiary/aromatic N) is 1. The van der Waals surface area contributed by atoms with Crippen LogP contribution in [0.15, 0.2) is 27.4 Å². The van der Waals surface area contributed by atoms with Crippen molar-refractivity contribution in [1.82, 2.24) is 9.88 Å². The van der Waals surface area contributed by atoms with Crippen molar-refractivity contribution in [1.29, 1.82) is 0 Å². The molecule has 25 heavy (non-hydrogen) atoms. The van der Waals surface area contributed by atoms with Crippen LogP contribution < -0.4 is 11.1 Å². The number of aryl methyl sites for hydroxylation is 1. The molecule has 1 aliphatic heterocycles. The van der Waals surface area contributed by atoms with Crippen LogP contribution in [0, 0.1) is 6.92 Å². The summed E-state index contributed by atoms with van der Waals surface area (Å²) in [6.07, 6.45) is 6.73. The zero-order chi connectivity index (χ0) is 17.4. The van der Waals surface area contributed by atoms with E-state index in [0.29, 0.717) is 17.7 Å². The highest BCUT2D eigenvalue weighted by molar-refractivity contribution is 5.80. The number of hydrogen-bond acceptors (Lipinski definition) is 4. The van der Waals surface area contributed by atoms with Crippen molar-refractivity contribution in [2.45, 2.75) is 63.6 Å². The summed E-state index contributed by atoms with van der Waals surface area (Å²) >= 11 is 0. The molecule has 1 atom stereocenters. The van der Waals surface area contributed by atoms with Gasteiger partial charge in [0.2, 0.25) is 5.91 Å². The molecule has 1 aromatic heterocycles. The van der Waals surface area contributed by atoms with Crippen molar-refractivity contribution >= 4 is 17.0 Å². The smallest absolute Gasteiger partial charge is 0.408 e. The van der Waals surface area contributed by atoms with Crippen LogP contribution in [0.25, 0.3) is 11.1 Å². The Morgan fingerprint density at radius 2 is 2.12 bits per heavy atom. The number of fused-ring (bicyclic) bond motifs is 1. The Morgan fingerprint density at radius 1 is 1.32 bits per heavy atom. The minimum atomic E-state index is -0.498. The minimum absolute atomic E-state index is 0.0289. The van der Waals surface area contributed by atoms with E-state index in [2.05, 4.69) is 5.32 Å². The first-order valence-electron chi connectivity index (χ1n) is 9.08. The van der Waals surface area contributed by atoms with Gasteiger partial charge in [-0.2, -0.15) is 0 Å². The molecule has 1 N–H and O–H groups in total. The van der Waals surface area contributed by atoms with Gasteiger partial charge >= 0.3 is 5.76 Å². The third kappa shape index (κ3) is 3.23. The second-order valence-electron chi connectivity index (χ2n) is 7.45. The van der Waals surface area contributed by atoms with Crippen molar-refractivity contribution in [2.24, 2.45) is 0 Å². The van der Waals surface area contributed by atoms with Gasteiger partial charge in [0.15, 0.2) is 5.58 Å². The number of carbonyl (C=O) groups is 1. The molecule has 0 bridgehead atoms. The van der Waals surface area contributed by atoms with Crippen molar-refractivity contribution in [2.75, 3.05) is 6.61 Å². The summed E-state index contributed by atoms with van der Waals surface area (Å²) in [5.74, 6) is -0.671. The maximum absolute atomic E-state index is 12.5. The number of ether oxygens (including phenoxy) is 1. The number of rotatable bonds is 3. The first kappa shape index (κ1) is 16.4. The molecule has 1 saturated carbocycles. The maximum Gasteiger partial charge on any atom is 0.420 e. The van der Waals surface area contributed by atoms with Crippen LogP contribution in [0.5, 0.6) is 0 Å². The summed E-state index contributed by atoms with van der Waals surface area (Å²) < 4.78 is 12.6. The third-order valence-corrected chi connectivity index (χ3v) is 5.46. The van der Waals surface area contributed by atoms with Gasteiger partial charge in [0.05, 0.1) is 23.8 Å². The molecule has 1 amide bonds. The second kappa shape index (κ2) is 6.33. The number of benzene rings is 1. The van der Waals surface area contributed by atoms with Gasteiger partial charge in [0.1, 0.15) is 6.54 Å². The molecule has 1 saturated heterocycles. The number of aromatic nitrogens is 1. The topological polar surface area (TPSA) is 73.5 Å². The summed E-state index contributed by atoms with van der Waals surface area (Å²) in [6, 6.07) is 5.54. The summed E-state index contributed by atoms with van der Waals surface area (Å²) in [5, 5.41) is 3.03. The Bertz CT molecular complexity index is 845. The largest absolute Gasteiger partial charge is 0.420 e. The Hall–Kier alpha value is -2.08. The first-order valence-corrected chi connectivity index (χ1v) is 9.08. The fourth-order valence-corrected chi connectivity index (χ4v) is 4.22. The van der Waals surface area contributed by atoms with Crippen molar-refractivity contribution in [3.8, 4) is 0 Å².